The van der Waals surface area contributed by atoms with Gasteiger partial charge in [-0.1, -0.05) is 47.5 Å². The van der Waals surface area contributed by atoms with Crippen LogP contribution < -0.4 is 10.1 Å². The molecule has 3 rings (SSSR count). The van der Waals surface area contributed by atoms with Gasteiger partial charge in [0, 0.05) is 18.4 Å². The molecule has 0 radical (unpaired) electrons. The van der Waals surface area contributed by atoms with Crippen molar-refractivity contribution in [3.8, 4) is 23.1 Å². The summed E-state index contributed by atoms with van der Waals surface area (Å²) in [5, 5.41) is 7.12. The van der Waals surface area contributed by atoms with Gasteiger partial charge in [-0.3, -0.25) is 4.79 Å². The average molecular weight is 435 g/mol. The number of hydrogen-bond donors (Lipinski definition) is 1. The topological polar surface area (TPSA) is 78.3 Å². The third kappa shape index (κ3) is 5.26. The van der Waals surface area contributed by atoms with Crippen LogP contribution in [0.4, 0.5) is 5.69 Å². The summed E-state index contributed by atoms with van der Waals surface area (Å²) in [7, 11) is 1.60. The van der Waals surface area contributed by atoms with Crippen LogP contribution in [0, 0.1) is 6.92 Å². The molecule has 0 aliphatic carbocycles. The van der Waals surface area contributed by atoms with Crippen molar-refractivity contribution < 1.29 is 14.3 Å². The smallest absolute Gasteiger partial charge is 0.336 e. The number of hydrogen-bond acceptors (Lipinski definition) is 5. The SMILES string of the molecule is COCCOc1nc(-c2ccccc2C)n(-c2ccc(NC(=O)C(Cl)Cl)cc2)n1. The molecule has 3 aromatic rings. The number of nitrogens with one attached hydrogen (secondary N) is 1. The predicted molar refractivity (Wildman–Crippen MR) is 113 cm³/mol. The molecule has 0 saturated carbocycles. The predicted octanol–water partition coefficient (Wildman–Crippen LogP) is 4.01. The van der Waals surface area contributed by atoms with Crippen LogP contribution in [0.3, 0.4) is 0 Å². The molecule has 9 heteroatoms. The Bertz CT molecular complexity index is 974. The highest BCUT2D eigenvalue weighted by molar-refractivity contribution is 6.54. The van der Waals surface area contributed by atoms with Crippen molar-refractivity contribution >= 4 is 34.8 Å². The monoisotopic (exact) mass is 434 g/mol. The number of carbonyl (C=O) groups is 1. The number of alkyl halides is 2. The lowest BCUT2D eigenvalue weighted by molar-refractivity contribution is -0.114. The summed E-state index contributed by atoms with van der Waals surface area (Å²) in [6, 6.07) is 15.2. The zero-order valence-corrected chi connectivity index (χ0v) is 17.4. The molecule has 0 unspecified atom stereocenters. The molecule has 0 saturated heterocycles. The van der Waals surface area contributed by atoms with Crippen LogP contribution in [-0.4, -0.2) is 45.8 Å². The summed E-state index contributed by atoms with van der Waals surface area (Å²) < 4.78 is 12.3. The Kier molecular flexibility index (Phi) is 7.09. The van der Waals surface area contributed by atoms with E-state index in [-0.39, 0.29) is 6.01 Å². The zero-order chi connectivity index (χ0) is 20.8. The Morgan fingerprint density at radius 2 is 1.86 bits per heavy atom. The second kappa shape index (κ2) is 9.73. The van der Waals surface area contributed by atoms with E-state index in [1.807, 2.05) is 43.3 Å². The molecule has 29 heavy (non-hydrogen) atoms. The Morgan fingerprint density at radius 1 is 1.14 bits per heavy atom. The van der Waals surface area contributed by atoms with E-state index in [0.717, 1.165) is 16.8 Å². The van der Waals surface area contributed by atoms with Gasteiger partial charge in [-0.05, 0) is 36.8 Å². The number of methoxy groups -OCH3 is 1. The summed E-state index contributed by atoms with van der Waals surface area (Å²) in [4.78, 5) is 15.1. The maximum Gasteiger partial charge on any atom is 0.336 e. The lowest BCUT2D eigenvalue weighted by Crippen LogP contribution is -2.18. The van der Waals surface area contributed by atoms with Crippen LogP contribution in [0.25, 0.3) is 17.1 Å². The van der Waals surface area contributed by atoms with Crippen molar-refractivity contribution in [1.82, 2.24) is 14.8 Å². The number of benzene rings is 2. The van der Waals surface area contributed by atoms with Gasteiger partial charge >= 0.3 is 6.01 Å². The second-order valence-electron chi connectivity index (χ2n) is 6.12. The maximum atomic E-state index is 11.6. The van der Waals surface area contributed by atoms with Crippen molar-refractivity contribution in [1.29, 1.82) is 0 Å². The van der Waals surface area contributed by atoms with Gasteiger partial charge in [-0.15, -0.1) is 5.10 Å². The van der Waals surface area contributed by atoms with E-state index in [0.29, 0.717) is 24.7 Å². The van der Waals surface area contributed by atoms with E-state index in [4.69, 9.17) is 32.7 Å². The molecule has 1 amide bonds. The van der Waals surface area contributed by atoms with E-state index in [1.54, 1.807) is 23.9 Å². The fourth-order valence-electron chi connectivity index (χ4n) is 2.63. The third-order valence-corrected chi connectivity index (χ3v) is 4.47. The van der Waals surface area contributed by atoms with E-state index >= 15 is 0 Å². The van der Waals surface area contributed by atoms with Crippen molar-refractivity contribution in [2.45, 2.75) is 11.8 Å². The molecule has 1 heterocycles. The number of carbonyl (C=O) groups excluding carboxylic acids is 1. The van der Waals surface area contributed by atoms with E-state index < -0.39 is 10.7 Å². The van der Waals surface area contributed by atoms with Gasteiger partial charge in [-0.2, -0.15) is 4.98 Å². The first-order valence-corrected chi connectivity index (χ1v) is 9.71. The van der Waals surface area contributed by atoms with Crippen molar-refractivity contribution in [3.05, 3.63) is 54.1 Å². The first-order valence-electron chi connectivity index (χ1n) is 8.84. The summed E-state index contributed by atoms with van der Waals surface area (Å²) in [5.41, 5.74) is 3.32. The number of halogens is 2. The minimum atomic E-state index is -1.13. The molecule has 7 nitrogen and oxygen atoms in total. The highest BCUT2D eigenvalue weighted by atomic mass is 35.5. The van der Waals surface area contributed by atoms with Crippen LogP contribution >= 0.6 is 23.2 Å². The van der Waals surface area contributed by atoms with Crippen molar-refractivity contribution in [3.63, 3.8) is 0 Å². The lowest BCUT2D eigenvalue weighted by atomic mass is 10.1. The summed E-state index contributed by atoms with van der Waals surface area (Å²) in [5.74, 6) is 0.158. The molecular weight excluding hydrogens is 415 g/mol. The molecule has 152 valence electrons. The van der Waals surface area contributed by atoms with E-state index in [2.05, 4.69) is 15.4 Å². The van der Waals surface area contributed by atoms with Crippen LogP contribution in [0.2, 0.25) is 0 Å². The van der Waals surface area contributed by atoms with Crippen LogP contribution in [-0.2, 0) is 9.53 Å². The number of anilines is 1. The lowest BCUT2D eigenvalue weighted by Gasteiger charge is -2.09. The van der Waals surface area contributed by atoms with Crippen molar-refractivity contribution in [2.24, 2.45) is 0 Å². The Balaban J connectivity index is 1.94. The van der Waals surface area contributed by atoms with Gasteiger partial charge in [0.15, 0.2) is 10.7 Å². The maximum absolute atomic E-state index is 11.6. The minimum Gasteiger partial charge on any atom is -0.460 e. The highest BCUT2D eigenvalue weighted by Crippen LogP contribution is 2.27. The summed E-state index contributed by atoms with van der Waals surface area (Å²) in [6.45, 7) is 2.79. The van der Waals surface area contributed by atoms with Gasteiger partial charge in [0.25, 0.3) is 5.91 Å². The Labute approximate surface area is 178 Å². The normalized spacial score (nSPS) is 10.9. The van der Waals surface area contributed by atoms with Crippen LogP contribution in [0.5, 0.6) is 6.01 Å². The Hall–Kier alpha value is -2.61. The first-order chi connectivity index (χ1) is 14.0. The fraction of sp³-hybridized carbons (Fsp3) is 0.250. The number of ether oxygens (including phenoxy) is 2. The molecule has 2 aromatic carbocycles. The average Bonchev–Trinajstić information content (AvgIpc) is 3.13. The molecule has 1 N–H and O–H groups in total. The molecule has 0 fully saturated rings. The molecule has 1 aromatic heterocycles. The largest absolute Gasteiger partial charge is 0.460 e. The van der Waals surface area contributed by atoms with Gasteiger partial charge < -0.3 is 14.8 Å². The molecular formula is C20H20Cl2N4O3. The minimum absolute atomic E-state index is 0.254. The molecule has 0 aliphatic heterocycles. The molecule has 0 spiro atoms. The van der Waals surface area contributed by atoms with Gasteiger partial charge in [0.1, 0.15) is 6.61 Å². The van der Waals surface area contributed by atoms with Gasteiger partial charge in [0.05, 0.1) is 12.3 Å². The zero-order valence-electron chi connectivity index (χ0n) is 15.9. The molecule has 0 bridgehead atoms. The van der Waals surface area contributed by atoms with Gasteiger partial charge in [-0.25, -0.2) is 4.68 Å². The number of aryl methyl sites for hydroxylation is 1. The number of nitrogens with zero attached hydrogens (tertiary/aromatic N) is 3. The third-order valence-electron chi connectivity index (χ3n) is 4.07. The number of amides is 1. The Morgan fingerprint density at radius 3 is 2.52 bits per heavy atom. The van der Waals surface area contributed by atoms with Crippen molar-refractivity contribution in [2.75, 3.05) is 25.6 Å². The molecule has 0 aliphatic rings. The standard InChI is InChI=1S/C20H20Cl2N4O3/c1-13-5-3-4-6-16(13)18-24-20(29-12-11-28-2)25-26(18)15-9-7-14(8-10-15)23-19(27)17(21)22/h3-10,17H,11-12H2,1-2H3,(H,23,27). The molecule has 0 atom stereocenters. The van der Waals surface area contributed by atoms with Gasteiger partial charge in [0.2, 0.25) is 0 Å². The summed E-state index contributed by atoms with van der Waals surface area (Å²) >= 11 is 11.1. The highest BCUT2D eigenvalue weighted by Gasteiger charge is 2.17. The first kappa shape index (κ1) is 21.1. The summed E-state index contributed by atoms with van der Waals surface area (Å²) in [6.07, 6.45) is 0. The van der Waals surface area contributed by atoms with Crippen LogP contribution in [0.15, 0.2) is 48.5 Å². The van der Waals surface area contributed by atoms with E-state index in [1.165, 1.54) is 0 Å². The fourth-order valence-corrected chi connectivity index (χ4v) is 2.74. The van der Waals surface area contributed by atoms with E-state index in [9.17, 15) is 4.79 Å². The number of rotatable bonds is 8. The quantitative estimate of drug-likeness (QED) is 0.427. The number of aromatic nitrogens is 3. The van der Waals surface area contributed by atoms with Crippen LogP contribution in [0.1, 0.15) is 5.56 Å². The second-order valence-corrected chi connectivity index (χ2v) is 7.22.